The number of hydrogen-bond donors (Lipinski definition) is 1. The maximum absolute atomic E-state index is 14.1. The highest BCUT2D eigenvalue weighted by atomic mass is 19.1. The Balaban J connectivity index is 1.63. The summed E-state index contributed by atoms with van der Waals surface area (Å²) in [5, 5.41) is 8.06. The molecule has 0 radical (unpaired) electrons. The van der Waals surface area contributed by atoms with E-state index in [1.54, 1.807) is 11.6 Å². The third-order valence-corrected chi connectivity index (χ3v) is 5.62. The van der Waals surface area contributed by atoms with E-state index in [0.29, 0.717) is 32.0 Å². The van der Waals surface area contributed by atoms with E-state index < -0.39 is 5.67 Å². The lowest BCUT2D eigenvalue weighted by Crippen LogP contribution is -2.37. The second-order valence-corrected chi connectivity index (χ2v) is 8.18. The first-order chi connectivity index (χ1) is 13.4. The summed E-state index contributed by atoms with van der Waals surface area (Å²) in [5.41, 5.74) is 0.882. The molecule has 28 heavy (non-hydrogen) atoms. The van der Waals surface area contributed by atoms with Crippen molar-refractivity contribution in [3.05, 3.63) is 23.5 Å². The Morgan fingerprint density at radius 3 is 2.50 bits per heavy atom. The first kappa shape index (κ1) is 19.1. The van der Waals surface area contributed by atoms with Crippen LogP contribution in [0, 0.1) is 13.8 Å². The van der Waals surface area contributed by atoms with Gasteiger partial charge in [-0.1, -0.05) is 0 Å². The van der Waals surface area contributed by atoms with Crippen molar-refractivity contribution in [1.29, 1.82) is 0 Å². The number of aryl methyl sites for hydroxylation is 2. The van der Waals surface area contributed by atoms with Crippen molar-refractivity contribution in [2.24, 2.45) is 0 Å². The minimum atomic E-state index is -1.04. The molecule has 0 bridgehead atoms. The smallest absolute Gasteiger partial charge is 0.254 e. The molecule has 0 spiro atoms. The number of morpholine rings is 1. The molecule has 1 N–H and O–H groups in total. The van der Waals surface area contributed by atoms with Crippen LogP contribution in [0.4, 0.5) is 16.0 Å². The first-order valence-electron chi connectivity index (χ1n) is 10.1. The zero-order valence-electron chi connectivity index (χ0n) is 16.9. The van der Waals surface area contributed by atoms with E-state index in [1.807, 2.05) is 26.0 Å². The van der Waals surface area contributed by atoms with Crippen molar-refractivity contribution >= 4 is 11.6 Å². The van der Waals surface area contributed by atoms with Gasteiger partial charge in [-0.15, -0.1) is 0 Å². The molecule has 7 nitrogen and oxygen atoms in total. The lowest BCUT2D eigenvalue weighted by molar-refractivity contribution is 0.122. The molecule has 2 aromatic heterocycles. The Bertz CT molecular complexity index is 820. The molecular weight excluding hydrogens is 359 g/mol. The van der Waals surface area contributed by atoms with Crippen molar-refractivity contribution in [3.63, 3.8) is 0 Å². The van der Waals surface area contributed by atoms with Crippen molar-refractivity contribution in [3.8, 4) is 5.95 Å². The summed E-state index contributed by atoms with van der Waals surface area (Å²) in [7, 11) is 0. The molecular formula is C20H29FN6O. The third kappa shape index (κ3) is 4.27. The number of nitrogens with one attached hydrogen (secondary N) is 1. The highest BCUT2D eigenvalue weighted by molar-refractivity contribution is 5.52. The molecule has 3 heterocycles. The van der Waals surface area contributed by atoms with Crippen LogP contribution in [-0.4, -0.2) is 57.8 Å². The molecule has 1 saturated carbocycles. The zero-order chi connectivity index (χ0) is 19.7. The molecule has 2 aliphatic rings. The van der Waals surface area contributed by atoms with Crippen LogP contribution < -0.4 is 10.2 Å². The molecule has 0 aromatic carbocycles. The average Bonchev–Trinajstić information content (AvgIpc) is 3.02. The van der Waals surface area contributed by atoms with E-state index >= 15 is 0 Å². The highest BCUT2D eigenvalue weighted by Crippen LogP contribution is 2.33. The number of ether oxygens (including phenoxy) is 1. The number of rotatable bonds is 4. The number of aromatic nitrogens is 4. The second kappa shape index (κ2) is 7.66. The summed E-state index contributed by atoms with van der Waals surface area (Å²) in [6, 6.07) is 4.23. The van der Waals surface area contributed by atoms with E-state index in [-0.39, 0.29) is 6.04 Å². The summed E-state index contributed by atoms with van der Waals surface area (Å²) >= 11 is 0. The van der Waals surface area contributed by atoms with Gasteiger partial charge in [-0.3, -0.25) is 0 Å². The molecule has 1 aliphatic carbocycles. The standard InChI is InChI=1S/C20H29FN6O/c1-14-12-15(2)27(25-14)19-23-17(22-16-4-6-20(3,21)7-5-16)13-18(24-19)26-8-10-28-11-9-26/h12-13,16H,4-11H2,1-3H3,(H,22,23,24). The first-order valence-corrected chi connectivity index (χ1v) is 10.1. The molecule has 4 rings (SSSR count). The summed E-state index contributed by atoms with van der Waals surface area (Å²) in [6.45, 7) is 8.66. The monoisotopic (exact) mass is 388 g/mol. The van der Waals surface area contributed by atoms with Crippen LogP contribution in [0.25, 0.3) is 5.95 Å². The normalized spacial score (nSPS) is 25.7. The molecule has 8 heteroatoms. The third-order valence-electron chi connectivity index (χ3n) is 5.62. The zero-order valence-corrected chi connectivity index (χ0v) is 16.9. The van der Waals surface area contributed by atoms with Crippen molar-refractivity contribution in [2.45, 2.75) is 58.2 Å². The summed E-state index contributed by atoms with van der Waals surface area (Å²) in [5.74, 6) is 2.20. The fraction of sp³-hybridized carbons (Fsp3) is 0.650. The van der Waals surface area contributed by atoms with Gasteiger partial charge in [0.2, 0.25) is 0 Å². The van der Waals surface area contributed by atoms with Gasteiger partial charge in [0, 0.05) is 30.9 Å². The van der Waals surface area contributed by atoms with Gasteiger partial charge in [-0.05, 0) is 52.5 Å². The van der Waals surface area contributed by atoms with E-state index in [1.165, 1.54) is 0 Å². The highest BCUT2D eigenvalue weighted by Gasteiger charge is 2.31. The molecule has 2 aromatic rings. The van der Waals surface area contributed by atoms with Gasteiger partial charge in [0.25, 0.3) is 5.95 Å². The van der Waals surface area contributed by atoms with Gasteiger partial charge in [0.1, 0.15) is 17.3 Å². The Kier molecular flexibility index (Phi) is 5.23. The maximum atomic E-state index is 14.1. The van der Waals surface area contributed by atoms with Gasteiger partial charge in [0.05, 0.1) is 18.9 Å². The minimum Gasteiger partial charge on any atom is -0.378 e. The van der Waals surface area contributed by atoms with E-state index in [4.69, 9.17) is 14.7 Å². The van der Waals surface area contributed by atoms with Crippen LogP contribution >= 0.6 is 0 Å². The summed E-state index contributed by atoms with van der Waals surface area (Å²) in [6.07, 6.45) is 2.77. The van der Waals surface area contributed by atoms with Crippen molar-refractivity contribution in [2.75, 3.05) is 36.5 Å². The number of anilines is 2. The van der Waals surface area contributed by atoms with Gasteiger partial charge in [-0.25, -0.2) is 9.07 Å². The molecule has 1 aliphatic heterocycles. The lowest BCUT2D eigenvalue weighted by atomic mass is 9.85. The second-order valence-electron chi connectivity index (χ2n) is 8.18. The Hall–Kier alpha value is -2.22. The van der Waals surface area contributed by atoms with Crippen LogP contribution in [0.15, 0.2) is 12.1 Å². The minimum absolute atomic E-state index is 0.226. The topological polar surface area (TPSA) is 68.1 Å². The van der Waals surface area contributed by atoms with Crippen LogP contribution in [0.2, 0.25) is 0 Å². The Labute approximate surface area is 165 Å². The average molecular weight is 388 g/mol. The molecule has 0 amide bonds. The van der Waals surface area contributed by atoms with Crippen LogP contribution in [0.5, 0.6) is 0 Å². The molecule has 2 fully saturated rings. The summed E-state index contributed by atoms with van der Waals surface area (Å²) < 4.78 is 21.4. The predicted octanol–water partition coefficient (Wildman–Crippen LogP) is 3.20. The molecule has 152 valence electrons. The summed E-state index contributed by atoms with van der Waals surface area (Å²) in [4.78, 5) is 11.7. The van der Waals surface area contributed by atoms with Gasteiger partial charge < -0.3 is 15.0 Å². The molecule has 0 unspecified atom stereocenters. The van der Waals surface area contributed by atoms with Crippen molar-refractivity contribution in [1.82, 2.24) is 19.7 Å². The van der Waals surface area contributed by atoms with E-state index in [0.717, 1.165) is 49.0 Å². The Morgan fingerprint density at radius 1 is 1.14 bits per heavy atom. The van der Waals surface area contributed by atoms with Crippen LogP contribution in [0.3, 0.4) is 0 Å². The fourth-order valence-electron chi connectivity index (χ4n) is 3.95. The van der Waals surface area contributed by atoms with Gasteiger partial charge >= 0.3 is 0 Å². The maximum Gasteiger partial charge on any atom is 0.254 e. The quantitative estimate of drug-likeness (QED) is 0.868. The van der Waals surface area contributed by atoms with Crippen LogP contribution in [-0.2, 0) is 4.74 Å². The number of halogens is 1. The van der Waals surface area contributed by atoms with E-state index in [9.17, 15) is 4.39 Å². The fourth-order valence-corrected chi connectivity index (χ4v) is 3.95. The Morgan fingerprint density at radius 2 is 1.86 bits per heavy atom. The lowest BCUT2D eigenvalue weighted by Gasteiger charge is -2.32. The number of alkyl halides is 1. The SMILES string of the molecule is Cc1cc(C)n(-c2nc(NC3CCC(C)(F)CC3)cc(N3CCOCC3)n2)n1. The van der Waals surface area contributed by atoms with Crippen LogP contribution in [0.1, 0.15) is 44.0 Å². The molecule has 1 saturated heterocycles. The molecule has 0 atom stereocenters. The van der Waals surface area contributed by atoms with E-state index in [2.05, 4.69) is 15.3 Å². The number of nitrogens with zero attached hydrogens (tertiary/aromatic N) is 5. The van der Waals surface area contributed by atoms with Gasteiger partial charge in [0.15, 0.2) is 0 Å². The number of hydrogen-bond acceptors (Lipinski definition) is 6. The largest absolute Gasteiger partial charge is 0.378 e. The predicted molar refractivity (Wildman–Crippen MR) is 107 cm³/mol. The van der Waals surface area contributed by atoms with Crippen molar-refractivity contribution < 1.29 is 9.13 Å². The van der Waals surface area contributed by atoms with Gasteiger partial charge in [-0.2, -0.15) is 15.1 Å².